The zero-order valence-corrected chi connectivity index (χ0v) is 12.6. The minimum Gasteiger partial charge on any atom is -0.469 e. The highest BCUT2D eigenvalue weighted by Gasteiger charge is 2.23. The quantitative estimate of drug-likeness (QED) is 0.455. The van der Waals surface area contributed by atoms with Gasteiger partial charge >= 0.3 is 5.97 Å². The molecule has 1 unspecified atom stereocenters. The average Bonchev–Trinajstić information content (AvgIpc) is 2.33. The van der Waals surface area contributed by atoms with Crippen molar-refractivity contribution in [1.82, 2.24) is 0 Å². The summed E-state index contributed by atoms with van der Waals surface area (Å²) >= 11 is 0. The van der Waals surface area contributed by atoms with Gasteiger partial charge in [0.25, 0.3) is 0 Å². The molecule has 108 valence electrons. The third kappa shape index (κ3) is 7.69. The fourth-order valence-electron chi connectivity index (χ4n) is 1.73. The Morgan fingerprint density at radius 1 is 1.11 bits per heavy atom. The summed E-state index contributed by atoms with van der Waals surface area (Å²) in [5, 5.41) is -0.638. The Kier molecular flexibility index (Phi) is 9.06. The van der Waals surface area contributed by atoms with E-state index in [-0.39, 0.29) is 12.2 Å². The van der Waals surface area contributed by atoms with Crippen LogP contribution in [-0.4, -0.2) is 32.5 Å². The lowest BCUT2D eigenvalue weighted by atomic mass is 10.1. The van der Waals surface area contributed by atoms with Crippen LogP contribution in [0.3, 0.4) is 0 Å². The van der Waals surface area contributed by atoms with E-state index in [0.29, 0.717) is 6.42 Å². The first-order valence-corrected chi connectivity index (χ1v) is 8.44. The van der Waals surface area contributed by atoms with E-state index in [1.54, 1.807) is 6.92 Å². The largest absolute Gasteiger partial charge is 0.469 e. The number of rotatable bonds is 10. The van der Waals surface area contributed by atoms with Gasteiger partial charge in [-0.05, 0) is 13.3 Å². The second-order valence-corrected chi connectivity index (χ2v) is 7.26. The number of ether oxygens (including phenoxy) is 1. The molecule has 0 aromatic rings. The summed E-state index contributed by atoms with van der Waals surface area (Å²) in [6.45, 7) is 3.72. The van der Waals surface area contributed by atoms with Crippen LogP contribution >= 0.6 is 0 Å². The number of hydrogen-bond acceptors (Lipinski definition) is 4. The minimum atomic E-state index is -3.16. The van der Waals surface area contributed by atoms with Gasteiger partial charge in [-0.2, -0.15) is 0 Å². The van der Waals surface area contributed by atoms with Crippen molar-refractivity contribution >= 4 is 15.8 Å². The molecule has 0 aliphatic heterocycles. The number of hydrogen-bond donors (Lipinski definition) is 0. The zero-order chi connectivity index (χ0) is 14.0. The van der Waals surface area contributed by atoms with Gasteiger partial charge < -0.3 is 4.74 Å². The molecule has 0 rings (SSSR count). The summed E-state index contributed by atoms with van der Waals surface area (Å²) in [6.07, 6.45) is 6.26. The van der Waals surface area contributed by atoms with Crippen LogP contribution in [0.1, 0.15) is 58.8 Å². The third-order valence-corrected chi connectivity index (χ3v) is 5.33. The van der Waals surface area contributed by atoms with Gasteiger partial charge in [0.1, 0.15) is 0 Å². The summed E-state index contributed by atoms with van der Waals surface area (Å²) in [6, 6.07) is 0. The van der Waals surface area contributed by atoms with Crippen molar-refractivity contribution in [3.05, 3.63) is 0 Å². The molecule has 1 atom stereocenters. The Hall–Kier alpha value is -0.580. The minimum absolute atomic E-state index is 0.0470. The van der Waals surface area contributed by atoms with Crippen LogP contribution in [0.25, 0.3) is 0 Å². The highest BCUT2D eigenvalue weighted by atomic mass is 32.2. The normalized spacial score (nSPS) is 13.3. The molecule has 0 N–H and O–H groups in total. The maximum Gasteiger partial charge on any atom is 0.306 e. The van der Waals surface area contributed by atoms with Crippen LogP contribution in [0.15, 0.2) is 0 Å². The molecule has 0 saturated heterocycles. The van der Waals surface area contributed by atoms with Gasteiger partial charge in [-0.25, -0.2) is 8.42 Å². The van der Waals surface area contributed by atoms with E-state index >= 15 is 0 Å². The van der Waals surface area contributed by atoms with Crippen molar-refractivity contribution in [2.45, 2.75) is 64.0 Å². The summed E-state index contributed by atoms with van der Waals surface area (Å²) < 4.78 is 28.2. The molecule has 0 amide bonds. The number of carbonyl (C=O) groups is 1. The Morgan fingerprint density at radius 3 is 2.22 bits per heavy atom. The monoisotopic (exact) mass is 278 g/mol. The lowest BCUT2D eigenvalue weighted by Crippen LogP contribution is -2.24. The van der Waals surface area contributed by atoms with Gasteiger partial charge in [-0.1, -0.05) is 39.0 Å². The molecule has 5 heteroatoms. The van der Waals surface area contributed by atoms with Crippen LogP contribution < -0.4 is 0 Å². The van der Waals surface area contributed by atoms with Crippen molar-refractivity contribution in [2.75, 3.05) is 12.9 Å². The Balaban J connectivity index is 3.89. The lowest BCUT2D eigenvalue weighted by Gasteiger charge is -2.11. The molecule has 4 nitrogen and oxygen atoms in total. The second-order valence-electron chi connectivity index (χ2n) is 4.73. The van der Waals surface area contributed by atoms with Crippen molar-refractivity contribution in [3.63, 3.8) is 0 Å². The number of sulfone groups is 1. The fourth-order valence-corrected chi connectivity index (χ4v) is 3.13. The first-order valence-electron chi connectivity index (χ1n) is 6.72. The molecule has 0 aromatic heterocycles. The summed E-state index contributed by atoms with van der Waals surface area (Å²) in [7, 11) is -1.89. The third-order valence-electron chi connectivity index (χ3n) is 3.08. The number of unbranched alkanes of at least 4 members (excludes halogenated alkanes) is 5. The van der Waals surface area contributed by atoms with E-state index in [1.165, 1.54) is 26.4 Å². The molecule has 0 heterocycles. The maximum atomic E-state index is 11.9. The number of carbonyl (C=O) groups excluding carboxylic acids is 1. The van der Waals surface area contributed by atoms with Crippen LogP contribution in [0, 0.1) is 0 Å². The van der Waals surface area contributed by atoms with E-state index in [1.807, 2.05) is 0 Å². The first-order chi connectivity index (χ1) is 8.44. The van der Waals surface area contributed by atoms with Crippen LogP contribution in [-0.2, 0) is 19.4 Å². The van der Waals surface area contributed by atoms with Gasteiger partial charge in [0.05, 0.1) is 24.5 Å². The molecular formula is C13H26O4S. The van der Waals surface area contributed by atoms with Crippen molar-refractivity contribution in [2.24, 2.45) is 0 Å². The molecule has 0 aromatic carbocycles. The highest BCUT2D eigenvalue weighted by molar-refractivity contribution is 7.92. The van der Waals surface area contributed by atoms with E-state index in [4.69, 9.17) is 0 Å². The molecule has 0 fully saturated rings. The molecule has 0 aliphatic rings. The standard InChI is InChI=1S/C13H26O4S/c1-4-5-6-7-8-9-10-18(15,16)12(2)11-13(14)17-3/h12H,4-11H2,1-3H3. The summed E-state index contributed by atoms with van der Waals surface area (Å²) in [4.78, 5) is 11.0. The first kappa shape index (κ1) is 17.4. The Morgan fingerprint density at radius 2 is 1.67 bits per heavy atom. The summed E-state index contributed by atoms with van der Waals surface area (Å²) in [5.74, 6) is -0.286. The summed E-state index contributed by atoms with van der Waals surface area (Å²) in [5.41, 5.74) is 0. The van der Waals surface area contributed by atoms with Gasteiger partial charge in [0.2, 0.25) is 0 Å². The van der Waals surface area contributed by atoms with E-state index in [2.05, 4.69) is 11.7 Å². The van der Waals surface area contributed by atoms with Gasteiger partial charge in [-0.3, -0.25) is 4.79 Å². The van der Waals surface area contributed by atoms with Crippen molar-refractivity contribution in [1.29, 1.82) is 0 Å². The average molecular weight is 278 g/mol. The van der Waals surface area contributed by atoms with Gasteiger partial charge in [0, 0.05) is 0 Å². The predicted molar refractivity (Wildman–Crippen MR) is 73.3 cm³/mol. The molecule has 0 bridgehead atoms. The SMILES string of the molecule is CCCCCCCCS(=O)(=O)C(C)CC(=O)OC. The second kappa shape index (κ2) is 9.36. The molecule has 0 radical (unpaired) electrons. The van der Waals surface area contributed by atoms with E-state index < -0.39 is 21.1 Å². The fraction of sp³-hybridized carbons (Fsp3) is 0.923. The molecular weight excluding hydrogens is 252 g/mol. The van der Waals surface area contributed by atoms with Crippen LogP contribution in [0.2, 0.25) is 0 Å². The maximum absolute atomic E-state index is 11.9. The predicted octanol–water partition coefficient (Wildman–Crippen LogP) is 2.71. The number of esters is 1. The molecule has 0 spiro atoms. The smallest absolute Gasteiger partial charge is 0.306 e. The molecule has 0 aliphatic carbocycles. The Bertz CT molecular complexity index is 322. The van der Waals surface area contributed by atoms with Crippen LogP contribution in [0.4, 0.5) is 0 Å². The number of methoxy groups -OCH3 is 1. The van der Waals surface area contributed by atoms with Crippen LogP contribution in [0.5, 0.6) is 0 Å². The van der Waals surface area contributed by atoms with Crippen molar-refractivity contribution < 1.29 is 17.9 Å². The van der Waals surface area contributed by atoms with E-state index in [0.717, 1.165) is 12.8 Å². The lowest BCUT2D eigenvalue weighted by molar-refractivity contribution is -0.140. The molecule has 18 heavy (non-hydrogen) atoms. The molecule has 0 saturated carbocycles. The van der Waals surface area contributed by atoms with Gasteiger partial charge in [-0.15, -0.1) is 0 Å². The Labute approximate surface area is 111 Å². The van der Waals surface area contributed by atoms with Gasteiger partial charge in [0.15, 0.2) is 9.84 Å². The highest BCUT2D eigenvalue weighted by Crippen LogP contribution is 2.12. The van der Waals surface area contributed by atoms with E-state index in [9.17, 15) is 13.2 Å². The van der Waals surface area contributed by atoms with Crippen molar-refractivity contribution in [3.8, 4) is 0 Å². The zero-order valence-electron chi connectivity index (χ0n) is 11.8. The topological polar surface area (TPSA) is 60.4 Å².